The van der Waals surface area contributed by atoms with E-state index in [0.29, 0.717) is 31.5 Å². The Balaban J connectivity index is 0.00000107. The molecule has 10 nitrogen and oxygen atoms in total. The second-order valence-corrected chi connectivity index (χ2v) is 7.97. The monoisotopic (exact) mass is 435 g/mol. The molecular formula is C21H33N5O5. The Morgan fingerprint density at radius 2 is 1.81 bits per heavy atom. The van der Waals surface area contributed by atoms with Crippen LogP contribution in [0.1, 0.15) is 55.9 Å². The molecule has 0 spiro atoms. The van der Waals surface area contributed by atoms with Gasteiger partial charge in [-0.25, -0.2) is 9.78 Å². The minimum absolute atomic E-state index is 0.0580. The van der Waals surface area contributed by atoms with Gasteiger partial charge in [-0.2, -0.15) is 0 Å². The Labute approximate surface area is 182 Å². The van der Waals surface area contributed by atoms with Crippen molar-refractivity contribution in [1.82, 2.24) is 19.8 Å². The largest absolute Gasteiger partial charge is 0.483 e. The fourth-order valence-electron chi connectivity index (χ4n) is 4.22. The van der Waals surface area contributed by atoms with E-state index in [9.17, 15) is 9.59 Å². The van der Waals surface area contributed by atoms with Gasteiger partial charge in [0.15, 0.2) is 5.69 Å². The Bertz CT molecular complexity index is 741. The van der Waals surface area contributed by atoms with Crippen LogP contribution in [-0.2, 0) is 9.59 Å². The first-order valence-electron chi connectivity index (χ1n) is 10.8. The maximum absolute atomic E-state index is 13.1. The highest BCUT2D eigenvalue weighted by molar-refractivity contribution is 5.85. The van der Waals surface area contributed by atoms with Gasteiger partial charge in [-0.05, 0) is 33.2 Å². The Kier molecular flexibility index (Phi) is 9.64. The number of nitrogens with zero attached hydrogens (tertiary/aromatic N) is 5. The van der Waals surface area contributed by atoms with Gasteiger partial charge in [0.05, 0.1) is 18.4 Å². The quantitative estimate of drug-likeness (QED) is 0.662. The number of likely N-dealkylation sites (N-methyl/N-ethyl adjacent to an activating group) is 1. The fraction of sp³-hybridized carbons (Fsp3) is 0.667. The lowest BCUT2D eigenvalue weighted by molar-refractivity contribution is -0.136. The van der Waals surface area contributed by atoms with Crippen LogP contribution in [0.4, 0.5) is 5.82 Å². The molecule has 1 saturated heterocycles. The summed E-state index contributed by atoms with van der Waals surface area (Å²) in [4.78, 5) is 47.0. The maximum atomic E-state index is 13.1. The molecule has 0 radical (unpaired) electrons. The first-order valence-corrected chi connectivity index (χ1v) is 10.8. The molecule has 2 aliphatic rings. The van der Waals surface area contributed by atoms with Crippen molar-refractivity contribution in [2.75, 3.05) is 38.1 Å². The van der Waals surface area contributed by atoms with Gasteiger partial charge >= 0.3 is 5.97 Å². The summed E-state index contributed by atoms with van der Waals surface area (Å²) < 4.78 is 0. The van der Waals surface area contributed by atoms with Crippen molar-refractivity contribution in [3.63, 3.8) is 0 Å². The lowest BCUT2D eigenvalue weighted by atomic mass is 9.93. The van der Waals surface area contributed by atoms with Crippen LogP contribution in [-0.4, -0.2) is 93.6 Å². The molecule has 172 valence electrons. The van der Waals surface area contributed by atoms with Crippen molar-refractivity contribution in [2.45, 2.75) is 57.5 Å². The van der Waals surface area contributed by atoms with Crippen LogP contribution < -0.4 is 4.90 Å². The highest BCUT2D eigenvalue weighted by Gasteiger charge is 2.30. The van der Waals surface area contributed by atoms with E-state index >= 15 is 0 Å². The molecular weight excluding hydrogens is 402 g/mol. The van der Waals surface area contributed by atoms with Crippen molar-refractivity contribution in [3.8, 4) is 0 Å². The van der Waals surface area contributed by atoms with E-state index in [4.69, 9.17) is 15.0 Å². The number of hydrogen-bond donors (Lipinski definition) is 2. The van der Waals surface area contributed by atoms with Gasteiger partial charge in [-0.1, -0.05) is 19.3 Å². The highest BCUT2D eigenvalue weighted by atomic mass is 16.4. The molecule has 1 atom stereocenters. The number of carboxylic acid groups (broad SMARTS) is 2. The number of carbonyl (C=O) groups is 3. The van der Waals surface area contributed by atoms with Gasteiger partial charge in [0.1, 0.15) is 5.82 Å². The molecule has 1 aromatic rings. The second kappa shape index (κ2) is 12.2. The zero-order valence-corrected chi connectivity index (χ0v) is 18.3. The molecule has 1 aromatic heterocycles. The molecule has 1 amide bonds. The van der Waals surface area contributed by atoms with Crippen molar-refractivity contribution >= 4 is 24.2 Å². The minimum Gasteiger partial charge on any atom is -0.483 e. The van der Waals surface area contributed by atoms with Crippen LogP contribution in [0.25, 0.3) is 0 Å². The van der Waals surface area contributed by atoms with E-state index in [1.165, 1.54) is 38.3 Å². The van der Waals surface area contributed by atoms with E-state index < -0.39 is 5.97 Å². The highest BCUT2D eigenvalue weighted by Crippen LogP contribution is 2.24. The third-order valence-corrected chi connectivity index (χ3v) is 6.09. The van der Waals surface area contributed by atoms with Gasteiger partial charge in [0, 0.05) is 32.2 Å². The van der Waals surface area contributed by atoms with Crippen LogP contribution in [0.2, 0.25) is 0 Å². The van der Waals surface area contributed by atoms with E-state index in [0.717, 1.165) is 13.0 Å². The number of anilines is 1. The molecule has 1 saturated carbocycles. The number of carbonyl (C=O) groups excluding carboxylic acids is 1. The minimum atomic E-state index is -1.08. The summed E-state index contributed by atoms with van der Waals surface area (Å²) in [6, 6.07) is 0.384. The summed E-state index contributed by atoms with van der Waals surface area (Å²) in [7, 11) is 2.08. The summed E-state index contributed by atoms with van der Waals surface area (Å²) in [5.41, 5.74) is -0.0580. The summed E-state index contributed by atoms with van der Waals surface area (Å²) in [5, 5.41) is 16.0. The van der Waals surface area contributed by atoms with Crippen molar-refractivity contribution in [3.05, 3.63) is 18.1 Å². The van der Waals surface area contributed by atoms with Crippen LogP contribution in [0.5, 0.6) is 0 Å². The zero-order chi connectivity index (χ0) is 22.8. The van der Waals surface area contributed by atoms with Crippen LogP contribution in [0.15, 0.2) is 12.4 Å². The van der Waals surface area contributed by atoms with Gasteiger partial charge in [-0.15, -0.1) is 0 Å². The van der Waals surface area contributed by atoms with Gasteiger partial charge in [-0.3, -0.25) is 19.5 Å². The molecule has 1 unspecified atom stereocenters. The molecule has 1 aliphatic carbocycles. The molecule has 10 heteroatoms. The fourth-order valence-corrected chi connectivity index (χ4v) is 4.22. The molecule has 0 bridgehead atoms. The average molecular weight is 436 g/mol. The topological polar surface area (TPSA) is 127 Å². The van der Waals surface area contributed by atoms with E-state index in [2.05, 4.69) is 21.9 Å². The lowest BCUT2D eigenvalue weighted by Crippen LogP contribution is -2.50. The van der Waals surface area contributed by atoms with E-state index in [1.807, 2.05) is 16.7 Å². The number of aromatic carboxylic acids is 1. The Morgan fingerprint density at radius 3 is 2.45 bits per heavy atom. The Morgan fingerprint density at radius 1 is 1.13 bits per heavy atom. The van der Waals surface area contributed by atoms with E-state index in [1.54, 1.807) is 6.20 Å². The normalized spacial score (nSPS) is 18.5. The summed E-state index contributed by atoms with van der Waals surface area (Å²) in [6.07, 6.45) is 9.84. The zero-order valence-electron chi connectivity index (χ0n) is 18.3. The second-order valence-electron chi connectivity index (χ2n) is 7.97. The number of amides is 1. The molecule has 1 aliphatic heterocycles. The third-order valence-electron chi connectivity index (χ3n) is 6.09. The first-order chi connectivity index (χ1) is 14.9. The van der Waals surface area contributed by atoms with Gasteiger partial charge in [0.2, 0.25) is 5.91 Å². The SMILES string of the molecule is CC(C(=O)N1CCCN(c2cncc(C(=O)O)n2)CC1)N(C)C1CCCCC1.O=CO. The number of rotatable bonds is 5. The van der Waals surface area contributed by atoms with Crippen LogP contribution in [0.3, 0.4) is 0 Å². The number of aromatic nitrogens is 2. The average Bonchev–Trinajstić information content (AvgIpc) is 3.05. The van der Waals surface area contributed by atoms with Gasteiger partial charge < -0.3 is 20.0 Å². The van der Waals surface area contributed by atoms with Crippen molar-refractivity contribution < 1.29 is 24.6 Å². The standard InChI is InChI=1S/C20H31N5O3.CH2O2/c1-15(23(2)16-7-4-3-5-8-16)19(26)25-10-6-9-24(11-12-25)18-14-21-13-17(22-18)20(27)28;2-1-3/h13-16H,3-12H2,1-2H3,(H,27,28);1H,(H,2,3). The Hall–Kier alpha value is -2.75. The summed E-state index contributed by atoms with van der Waals surface area (Å²) in [6.45, 7) is 4.45. The molecule has 3 rings (SSSR count). The first kappa shape index (κ1) is 24.5. The van der Waals surface area contributed by atoms with Crippen molar-refractivity contribution in [2.24, 2.45) is 0 Å². The van der Waals surface area contributed by atoms with Crippen LogP contribution in [0, 0.1) is 0 Å². The molecule has 2 N–H and O–H groups in total. The molecule has 31 heavy (non-hydrogen) atoms. The van der Waals surface area contributed by atoms with Crippen molar-refractivity contribution in [1.29, 1.82) is 0 Å². The molecule has 2 fully saturated rings. The smallest absolute Gasteiger partial charge is 0.356 e. The van der Waals surface area contributed by atoms with E-state index in [-0.39, 0.29) is 24.1 Å². The number of hydrogen-bond acceptors (Lipinski definition) is 7. The predicted molar refractivity (Wildman–Crippen MR) is 115 cm³/mol. The number of carboxylic acids is 1. The molecule has 0 aromatic carbocycles. The molecule has 2 heterocycles. The predicted octanol–water partition coefficient (Wildman–Crippen LogP) is 1.57. The maximum Gasteiger partial charge on any atom is 0.356 e. The summed E-state index contributed by atoms with van der Waals surface area (Å²) >= 11 is 0. The lowest BCUT2D eigenvalue weighted by Gasteiger charge is -2.37. The summed E-state index contributed by atoms with van der Waals surface area (Å²) in [5.74, 6) is -0.345. The van der Waals surface area contributed by atoms with Crippen LogP contribution >= 0.6 is 0 Å². The van der Waals surface area contributed by atoms with Gasteiger partial charge in [0.25, 0.3) is 6.47 Å². The third kappa shape index (κ3) is 6.88.